The molecule has 0 aromatic carbocycles. The molecule has 0 spiro atoms. The predicted molar refractivity (Wildman–Crippen MR) is 87.5 cm³/mol. The van der Waals surface area contributed by atoms with Gasteiger partial charge in [-0.1, -0.05) is 5.16 Å². The summed E-state index contributed by atoms with van der Waals surface area (Å²) in [5.74, 6) is 0.825. The zero-order valence-corrected chi connectivity index (χ0v) is 14.4. The van der Waals surface area contributed by atoms with Crippen LogP contribution in [0.2, 0.25) is 0 Å². The molecule has 0 aliphatic heterocycles. The third kappa shape index (κ3) is 2.86. The number of hydrogen-bond donors (Lipinski definition) is 0. The van der Waals surface area contributed by atoms with Crippen LogP contribution in [0.3, 0.4) is 0 Å². The second kappa shape index (κ2) is 6.03. The van der Waals surface area contributed by atoms with Crippen molar-refractivity contribution in [2.45, 2.75) is 40.3 Å². The van der Waals surface area contributed by atoms with E-state index in [2.05, 4.69) is 20.2 Å². The molecule has 0 fully saturated rings. The fraction of sp³-hybridized carbons (Fsp3) is 0.438. The summed E-state index contributed by atoms with van der Waals surface area (Å²) in [7, 11) is 1.71. The number of fused-ring (bicyclic) bond motifs is 1. The third-order valence-corrected chi connectivity index (χ3v) is 3.71. The van der Waals surface area contributed by atoms with Crippen molar-refractivity contribution in [1.82, 2.24) is 29.8 Å². The first-order chi connectivity index (χ1) is 11.4. The van der Waals surface area contributed by atoms with Crippen LogP contribution >= 0.6 is 0 Å². The second-order valence-corrected chi connectivity index (χ2v) is 6.12. The number of carbonyl (C=O) groups is 1. The van der Waals surface area contributed by atoms with E-state index in [1.165, 1.54) is 0 Å². The highest BCUT2D eigenvalue weighted by Crippen LogP contribution is 2.22. The fourth-order valence-electron chi connectivity index (χ4n) is 2.59. The Morgan fingerprint density at radius 3 is 2.71 bits per heavy atom. The lowest BCUT2D eigenvalue weighted by Gasteiger charge is -2.16. The molecule has 0 saturated heterocycles. The molecule has 0 bridgehead atoms. The van der Waals surface area contributed by atoms with Gasteiger partial charge in [-0.2, -0.15) is 10.1 Å². The minimum atomic E-state index is -0.128. The minimum absolute atomic E-state index is 0.128. The molecular weight excluding hydrogens is 308 g/mol. The summed E-state index contributed by atoms with van der Waals surface area (Å²) in [6.07, 6.45) is 1.70. The Kier molecular flexibility index (Phi) is 4.04. The number of aryl methyl sites for hydroxylation is 2. The normalized spacial score (nSPS) is 11.4. The summed E-state index contributed by atoms with van der Waals surface area (Å²) in [4.78, 5) is 23.1. The van der Waals surface area contributed by atoms with E-state index in [-0.39, 0.29) is 18.5 Å². The van der Waals surface area contributed by atoms with Crippen molar-refractivity contribution in [3.63, 3.8) is 0 Å². The van der Waals surface area contributed by atoms with Gasteiger partial charge in [-0.3, -0.25) is 4.79 Å². The van der Waals surface area contributed by atoms with Crippen molar-refractivity contribution < 1.29 is 9.32 Å². The molecule has 0 aliphatic rings. The van der Waals surface area contributed by atoms with Crippen LogP contribution in [0.4, 0.5) is 0 Å². The Balaban J connectivity index is 1.97. The molecule has 8 nitrogen and oxygen atoms in total. The molecule has 0 radical (unpaired) electrons. The van der Waals surface area contributed by atoms with E-state index in [1.807, 2.05) is 25.5 Å². The molecule has 3 rings (SSSR count). The molecule has 3 heterocycles. The summed E-state index contributed by atoms with van der Waals surface area (Å²) < 4.78 is 6.77. The average molecular weight is 328 g/mol. The van der Waals surface area contributed by atoms with Gasteiger partial charge in [0, 0.05) is 25.7 Å². The highest BCUT2D eigenvalue weighted by atomic mass is 16.5. The standard InChI is InChI=1S/C16H20N6O2/c1-9(2)22-15-13(7-17-22)12(6-10(3)18-15)16(23)21(5)8-14-19-11(4)24-20-14/h6-7,9H,8H2,1-5H3. The van der Waals surface area contributed by atoms with Crippen LogP contribution in [0.1, 0.15) is 47.7 Å². The van der Waals surface area contributed by atoms with Gasteiger partial charge in [0.1, 0.15) is 0 Å². The first-order valence-corrected chi connectivity index (χ1v) is 7.76. The predicted octanol–water partition coefficient (Wildman–Crippen LogP) is 2.28. The number of hydrogen-bond acceptors (Lipinski definition) is 6. The Hall–Kier alpha value is -2.77. The quantitative estimate of drug-likeness (QED) is 0.730. The van der Waals surface area contributed by atoms with Crippen LogP contribution in [0.15, 0.2) is 16.8 Å². The Labute approximate surface area is 139 Å². The van der Waals surface area contributed by atoms with Crippen molar-refractivity contribution in [3.05, 3.63) is 35.2 Å². The lowest BCUT2D eigenvalue weighted by Crippen LogP contribution is -2.27. The van der Waals surface area contributed by atoms with E-state index in [4.69, 9.17) is 4.52 Å². The largest absolute Gasteiger partial charge is 0.340 e. The van der Waals surface area contributed by atoms with Gasteiger partial charge in [-0.15, -0.1) is 0 Å². The highest BCUT2D eigenvalue weighted by molar-refractivity contribution is 6.05. The SMILES string of the molecule is Cc1cc(C(=O)N(C)Cc2noc(C)n2)c2cnn(C(C)C)c2n1. The smallest absolute Gasteiger partial charge is 0.254 e. The molecule has 0 N–H and O–H groups in total. The number of nitrogens with zero attached hydrogens (tertiary/aromatic N) is 6. The molecule has 0 aliphatic carbocycles. The van der Waals surface area contributed by atoms with Crippen molar-refractivity contribution in [2.24, 2.45) is 0 Å². The molecule has 0 saturated carbocycles. The van der Waals surface area contributed by atoms with Gasteiger partial charge in [0.05, 0.1) is 23.7 Å². The third-order valence-electron chi connectivity index (χ3n) is 3.71. The molecule has 24 heavy (non-hydrogen) atoms. The molecule has 3 aromatic rings. The van der Waals surface area contributed by atoms with Crippen LogP contribution in [0.5, 0.6) is 0 Å². The van der Waals surface area contributed by atoms with E-state index in [0.717, 1.165) is 16.7 Å². The monoisotopic (exact) mass is 328 g/mol. The average Bonchev–Trinajstić information content (AvgIpc) is 3.11. The number of pyridine rings is 1. The molecule has 0 atom stereocenters. The van der Waals surface area contributed by atoms with Crippen LogP contribution in [0.25, 0.3) is 11.0 Å². The number of rotatable bonds is 4. The number of carbonyl (C=O) groups excluding carboxylic acids is 1. The van der Waals surface area contributed by atoms with Gasteiger partial charge in [-0.05, 0) is 26.8 Å². The van der Waals surface area contributed by atoms with Crippen molar-refractivity contribution in [1.29, 1.82) is 0 Å². The maximum absolute atomic E-state index is 12.9. The van der Waals surface area contributed by atoms with Crippen molar-refractivity contribution in [3.8, 4) is 0 Å². The van der Waals surface area contributed by atoms with Gasteiger partial charge < -0.3 is 9.42 Å². The lowest BCUT2D eigenvalue weighted by molar-refractivity contribution is 0.0782. The van der Waals surface area contributed by atoms with Gasteiger partial charge in [0.15, 0.2) is 11.5 Å². The van der Waals surface area contributed by atoms with E-state index in [9.17, 15) is 4.79 Å². The van der Waals surface area contributed by atoms with Gasteiger partial charge in [-0.25, -0.2) is 9.67 Å². The zero-order valence-electron chi connectivity index (χ0n) is 14.4. The zero-order chi connectivity index (χ0) is 17.4. The van der Waals surface area contributed by atoms with E-state index in [1.54, 1.807) is 31.1 Å². The summed E-state index contributed by atoms with van der Waals surface area (Å²) >= 11 is 0. The van der Waals surface area contributed by atoms with Crippen molar-refractivity contribution >= 4 is 16.9 Å². The molecule has 8 heteroatoms. The molecular formula is C16H20N6O2. The number of amides is 1. The molecule has 126 valence electrons. The van der Waals surface area contributed by atoms with Crippen LogP contribution in [0, 0.1) is 13.8 Å². The molecule has 1 amide bonds. The first-order valence-electron chi connectivity index (χ1n) is 7.76. The van der Waals surface area contributed by atoms with Gasteiger partial charge in [0.25, 0.3) is 5.91 Å². The van der Waals surface area contributed by atoms with Gasteiger partial charge >= 0.3 is 0 Å². The second-order valence-electron chi connectivity index (χ2n) is 6.12. The van der Waals surface area contributed by atoms with Gasteiger partial charge in [0.2, 0.25) is 5.89 Å². The van der Waals surface area contributed by atoms with Crippen LogP contribution in [-0.2, 0) is 6.54 Å². The van der Waals surface area contributed by atoms with Crippen molar-refractivity contribution in [2.75, 3.05) is 7.05 Å². The summed E-state index contributed by atoms with van der Waals surface area (Å²) in [6.45, 7) is 7.92. The first kappa shape index (κ1) is 16.1. The number of aromatic nitrogens is 5. The Bertz CT molecular complexity index is 895. The molecule has 3 aromatic heterocycles. The molecule has 0 unspecified atom stereocenters. The summed E-state index contributed by atoms with van der Waals surface area (Å²) in [6, 6.07) is 1.95. The maximum atomic E-state index is 12.9. The highest BCUT2D eigenvalue weighted by Gasteiger charge is 2.20. The van der Waals surface area contributed by atoms with E-state index < -0.39 is 0 Å². The Morgan fingerprint density at radius 2 is 2.08 bits per heavy atom. The summed E-state index contributed by atoms with van der Waals surface area (Å²) in [5.41, 5.74) is 2.07. The van der Waals surface area contributed by atoms with Crippen LogP contribution < -0.4 is 0 Å². The van der Waals surface area contributed by atoms with E-state index >= 15 is 0 Å². The fourth-order valence-corrected chi connectivity index (χ4v) is 2.59. The Morgan fingerprint density at radius 1 is 1.33 bits per heavy atom. The minimum Gasteiger partial charge on any atom is -0.340 e. The topological polar surface area (TPSA) is 89.9 Å². The lowest BCUT2D eigenvalue weighted by atomic mass is 10.1. The maximum Gasteiger partial charge on any atom is 0.254 e. The van der Waals surface area contributed by atoms with Crippen LogP contribution in [-0.4, -0.2) is 42.8 Å². The summed E-state index contributed by atoms with van der Waals surface area (Å²) in [5, 5.41) is 8.95. The van der Waals surface area contributed by atoms with E-state index in [0.29, 0.717) is 17.3 Å².